The number of ether oxygens (including phenoxy) is 2. The Kier molecular flexibility index (Phi) is 5.48. The molecule has 0 aliphatic carbocycles. The summed E-state index contributed by atoms with van der Waals surface area (Å²) in [5.74, 6) is 0.373. The van der Waals surface area contributed by atoms with Crippen molar-refractivity contribution in [2.45, 2.75) is 6.92 Å². The lowest BCUT2D eigenvalue weighted by atomic mass is 10.1. The van der Waals surface area contributed by atoms with Crippen LogP contribution in [0.1, 0.15) is 6.92 Å². The van der Waals surface area contributed by atoms with E-state index in [9.17, 15) is 9.18 Å². The van der Waals surface area contributed by atoms with Gasteiger partial charge in [-0.15, -0.1) is 0 Å². The van der Waals surface area contributed by atoms with E-state index >= 15 is 0 Å². The maximum absolute atomic E-state index is 13.2. The van der Waals surface area contributed by atoms with E-state index in [1.54, 1.807) is 26.2 Å². The predicted octanol–water partition coefficient (Wildman–Crippen LogP) is 5.19. The Morgan fingerprint density at radius 1 is 1.19 bits per heavy atom. The minimum atomic E-state index is -0.559. The van der Waals surface area contributed by atoms with Gasteiger partial charge in [0.25, 0.3) is 0 Å². The van der Waals surface area contributed by atoms with E-state index in [1.165, 1.54) is 23.5 Å². The molecular formula is C19H17FN2O3S. The van der Waals surface area contributed by atoms with Gasteiger partial charge in [-0.1, -0.05) is 23.5 Å². The highest BCUT2D eigenvalue weighted by Crippen LogP contribution is 2.38. The lowest BCUT2D eigenvalue weighted by Gasteiger charge is -2.05. The van der Waals surface area contributed by atoms with E-state index in [2.05, 4.69) is 10.3 Å². The van der Waals surface area contributed by atoms with Crippen LogP contribution in [0.5, 0.6) is 5.75 Å². The molecule has 0 aliphatic rings. The zero-order valence-electron chi connectivity index (χ0n) is 14.3. The summed E-state index contributed by atoms with van der Waals surface area (Å²) in [6.45, 7) is 1.99. The quantitative estimate of drug-likeness (QED) is 0.669. The van der Waals surface area contributed by atoms with Crippen LogP contribution in [0.4, 0.5) is 14.2 Å². The third-order valence-corrected chi connectivity index (χ3v) is 4.57. The van der Waals surface area contributed by atoms with Crippen molar-refractivity contribution in [1.29, 1.82) is 0 Å². The molecule has 0 aliphatic heterocycles. The van der Waals surface area contributed by atoms with Gasteiger partial charge in [0.1, 0.15) is 27.3 Å². The third-order valence-electron chi connectivity index (χ3n) is 3.55. The second-order valence-electron chi connectivity index (χ2n) is 5.28. The van der Waals surface area contributed by atoms with Gasteiger partial charge in [0.05, 0.1) is 13.7 Å². The Hall–Kier alpha value is -2.93. The number of nitrogens with one attached hydrogen (secondary N) is 1. The summed E-state index contributed by atoms with van der Waals surface area (Å²) in [6, 6.07) is 13.4. The van der Waals surface area contributed by atoms with Crippen LogP contribution in [0.3, 0.4) is 0 Å². The fourth-order valence-corrected chi connectivity index (χ4v) is 3.32. The van der Waals surface area contributed by atoms with Crippen molar-refractivity contribution in [2.75, 3.05) is 19.0 Å². The van der Waals surface area contributed by atoms with E-state index in [0.29, 0.717) is 27.0 Å². The largest absolute Gasteiger partial charge is 0.497 e. The molecule has 1 aromatic heterocycles. The molecular weight excluding hydrogens is 355 g/mol. The first kappa shape index (κ1) is 17.9. The number of nitrogens with zero attached hydrogens (tertiary/aromatic N) is 1. The fourth-order valence-electron chi connectivity index (χ4n) is 2.35. The summed E-state index contributed by atoms with van der Waals surface area (Å²) in [7, 11) is 1.60. The lowest BCUT2D eigenvalue weighted by molar-refractivity contribution is 0.168. The monoisotopic (exact) mass is 372 g/mol. The fraction of sp³-hybridized carbons (Fsp3) is 0.158. The maximum Gasteiger partial charge on any atom is 0.412 e. The molecule has 2 aromatic carbocycles. The molecule has 1 heterocycles. The van der Waals surface area contributed by atoms with Gasteiger partial charge in [0.15, 0.2) is 0 Å². The number of hydrogen-bond acceptors (Lipinski definition) is 5. The zero-order valence-corrected chi connectivity index (χ0v) is 15.1. The Labute approximate surface area is 154 Å². The number of methoxy groups -OCH3 is 1. The summed E-state index contributed by atoms with van der Waals surface area (Å²) in [4.78, 5) is 16.5. The molecule has 0 unspecified atom stereocenters. The zero-order chi connectivity index (χ0) is 18.5. The average Bonchev–Trinajstić information content (AvgIpc) is 3.06. The highest BCUT2D eigenvalue weighted by Gasteiger charge is 2.17. The smallest absolute Gasteiger partial charge is 0.412 e. The van der Waals surface area contributed by atoms with E-state index in [-0.39, 0.29) is 12.4 Å². The number of halogens is 1. The second kappa shape index (κ2) is 7.97. The third kappa shape index (κ3) is 4.00. The van der Waals surface area contributed by atoms with E-state index < -0.39 is 6.09 Å². The first-order valence-corrected chi connectivity index (χ1v) is 8.77. The van der Waals surface area contributed by atoms with Crippen LogP contribution in [0, 0.1) is 5.82 Å². The number of thiazole rings is 1. The number of rotatable bonds is 5. The molecule has 26 heavy (non-hydrogen) atoms. The van der Waals surface area contributed by atoms with Crippen LogP contribution in [-0.4, -0.2) is 24.8 Å². The molecule has 0 spiro atoms. The van der Waals surface area contributed by atoms with Crippen LogP contribution in [0.25, 0.3) is 21.8 Å². The molecule has 134 valence electrons. The molecule has 0 radical (unpaired) electrons. The molecule has 0 fully saturated rings. The number of carbonyl (C=O) groups is 1. The number of benzene rings is 2. The summed E-state index contributed by atoms with van der Waals surface area (Å²) in [5.41, 5.74) is 2.11. The van der Waals surface area contributed by atoms with Gasteiger partial charge < -0.3 is 9.47 Å². The van der Waals surface area contributed by atoms with E-state index in [1.807, 2.05) is 24.3 Å². The highest BCUT2D eigenvalue weighted by atomic mass is 32.1. The van der Waals surface area contributed by atoms with Crippen molar-refractivity contribution in [3.05, 3.63) is 54.3 Å². The Morgan fingerprint density at radius 2 is 1.96 bits per heavy atom. The van der Waals surface area contributed by atoms with Crippen molar-refractivity contribution in [1.82, 2.24) is 4.98 Å². The summed E-state index contributed by atoms with van der Waals surface area (Å²) >= 11 is 1.31. The molecule has 3 rings (SSSR count). The van der Waals surface area contributed by atoms with Crippen LogP contribution < -0.4 is 10.1 Å². The second-order valence-corrected chi connectivity index (χ2v) is 6.28. The van der Waals surface area contributed by atoms with Gasteiger partial charge >= 0.3 is 6.09 Å². The minimum Gasteiger partial charge on any atom is -0.497 e. The molecule has 3 aromatic rings. The Bertz CT molecular complexity index is 909. The molecule has 0 saturated heterocycles. The van der Waals surface area contributed by atoms with Crippen molar-refractivity contribution >= 4 is 22.4 Å². The average molecular weight is 372 g/mol. The normalized spacial score (nSPS) is 10.4. The molecule has 1 N–H and O–H groups in total. The van der Waals surface area contributed by atoms with Gasteiger partial charge in [0, 0.05) is 11.1 Å². The number of aromatic nitrogens is 1. The van der Waals surface area contributed by atoms with Gasteiger partial charge in [-0.3, -0.25) is 5.32 Å². The van der Waals surface area contributed by atoms with Gasteiger partial charge in [0.2, 0.25) is 0 Å². The Morgan fingerprint density at radius 3 is 2.65 bits per heavy atom. The van der Waals surface area contributed by atoms with Crippen LogP contribution >= 0.6 is 11.3 Å². The first-order valence-electron chi connectivity index (χ1n) is 7.95. The lowest BCUT2D eigenvalue weighted by Crippen LogP contribution is -2.12. The number of hydrogen-bond donors (Lipinski definition) is 1. The SMILES string of the molecule is CCOC(=O)Nc1sc(-c2cccc(OC)c2)nc1-c1ccc(F)cc1. The van der Waals surface area contributed by atoms with Crippen molar-refractivity contribution in [2.24, 2.45) is 0 Å². The summed E-state index contributed by atoms with van der Waals surface area (Å²) < 4.78 is 23.5. The van der Waals surface area contributed by atoms with Crippen molar-refractivity contribution < 1.29 is 18.7 Å². The van der Waals surface area contributed by atoms with Crippen LogP contribution in [0.2, 0.25) is 0 Å². The predicted molar refractivity (Wildman–Crippen MR) is 100 cm³/mol. The molecule has 1 amide bonds. The standard InChI is InChI=1S/C19H17FN2O3S/c1-3-25-19(23)22-18-16(12-7-9-14(20)10-8-12)21-17(26-18)13-5-4-6-15(11-13)24-2/h4-11H,3H2,1-2H3,(H,22,23). The van der Waals surface area contributed by atoms with E-state index in [4.69, 9.17) is 9.47 Å². The number of carbonyl (C=O) groups excluding carboxylic acids is 1. The minimum absolute atomic E-state index is 0.263. The molecule has 0 bridgehead atoms. The topological polar surface area (TPSA) is 60.5 Å². The van der Waals surface area contributed by atoms with Crippen LogP contribution in [0.15, 0.2) is 48.5 Å². The molecule has 0 atom stereocenters. The first-order chi connectivity index (χ1) is 12.6. The van der Waals surface area contributed by atoms with Crippen LogP contribution in [-0.2, 0) is 4.74 Å². The van der Waals surface area contributed by atoms with E-state index in [0.717, 1.165) is 5.56 Å². The summed E-state index contributed by atoms with van der Waals surface area (Å²) in [5, 5.41) is 3.95. The van der Waals surface area contributed by atoms with Gasteiger partial charge in [-0.2, -0.15) is 0 Å². The van der Waals surface area contributed by atoms with Crippen molar-refractivity contribution in [3.63, 3.8) is 0 Å². The highest BCUT2D eigenvalue weighted by molar-refractivity contribution is 7.19. The molecule has 0 saturated carbocycles. The molecule has 7 heteroatoms. The van der Waals surface area contributed by atoms with Gasteiger partial charge in [-0.05, 0) is 43.3 Å². The Balaban J connectivity index is 2.04. The van der Waals surface area contributed by atoms with Gasteiger partial charge in [-0.25, -0.2) is 14.2 Å². The number of amides is 1. The summed E-state index contributed by atoms with van der Waals surface area (Å²) in [6.07, 6.45) is -0.559. The number of anilines is 1. The maximum atomic E-state index is 13.2. The van der Waals surface area contributed by atoms with Crippen molar-refractivity contribution in [3.8, 4) is 27.6 Å². The molecule has 5 nitrogen and oxygen atoms in total.